The highest BCUT2D eigenvalue weighted by Gasteiger charge is 2.36. The molecule has 1 N–H and O–H groups in total. The average Bonchev–Trinajstić information content (AvgIpc) is 2.42. The van der Waals surface area contributed by atoms with Crippen LogP contribution in [-0.4, -0.2) is 60.0 Å². The van der Waals surface area contributed by atoms with Gasteiger partial charge in [0.15, 0.2) is 0 Å². The molecule has 5 heteroatoms. The summed E-state index contributed by atoms with van der Waals surface area (Å²) in [4.78, 5) is 20.8. The predicted octanol–water partition coefficient (Wildman–Crippen LogP) is 0.332. The summed E-state index contributed by atoms with van der Waals surface area (Å²) in [6.45, 7) is 4.18. The Morgan fingerprint density at radius 2 is 2.26 bits per heavy atom. The topological polar surface area (TPSA) is 48.5 Å². The maximum Gasteiger partial charge on any atom is 0.241 e. The molecule has 104 valence electrons. The van der Waals surface area contributed by atoms with Crippen LogP contribution in [0.3, 0.4) is 0 Å². The molecule has 19 heavy (non-hydrogen) atoms. The standard InChI is InChI=1S/C14H22N4O/c1-11-9-18(10-12-6-4-5-7-16-12)14(19)13(8-15-2)17(11)3/h4-7,11,13,15H,8-10H2,1-3H3. The highest BCUT2D eigenvalue weighted by atomic mass is 16.2. The van der Waals surface area contributed by atoms with Gasteiger partial charge in [-0.25, -0.2) is 0 Å². The fraction of sp³-hybridized carbons (Fsp3) is 0.571. The molecule has 2 unspecified atom stereocenters. The third kappa shape index (κ3) is 3.11. The molecular formula is C14H22N4O. The van der Waals surface area contributed by atoms with Crippen LogP contribution in [0.2, 0.25) is 0 Å². The van der Waals surface area contributed by atoms with Crippen LogP contribution in [0.5, 0.6) is 0 Å². The van der Waals surface area contributed by atoms with E-state index in [-0.39, 0.29) is 11.9 Å². The second kappa shape index (κ2) is 6.12. The van der Waals surface area contributed by atoms with Gasteiger partial charge >= 0.3 is 0 Å². The van der Waals surface area contributed by atoms with Gasteiger partial charge in [-0.15, -0.1) is 0 Å². The summed E-state index contributed by atoms with van der Waals surface area (Å²) in [7, 11) is 3.90. The number of rotatable bonds is 4. The first-order chi connectivity index (χ1) is 9.13. The van der Waals surface area contributed by atoms with E-state index in [1.165, 1.54) is 0 Å². The van der Waals surface area contributed by atoms with Gasteiger partial charge in [-0.3, -0.25) is 14.7 Å². The van der Waals surface area contributed by atoms with Gasteiger partial charge in [0.1, 0.15) is 6.04 Å². The van der Waals surface area contributed by atoms with Crippen molar-refractivity contribution in [1.29, 1.82) is 0 Å². The summed E-state index contributed by atoms with van der Waals surface area (Å²) in [6, 6.07) is 6.08. The fourth-order valence-corrected chi connectivity index (χ4v) is 2.48. The van der Waals surface area contributed by atoms with Gasteiger partial charge in [0.05, 0.1) is 12.2 Å². The molecule has 1 amide bonds. The minimum absolute atomic E-state index is 0.0857. The lowest BCUT2D eigenvalue weighted by Gasteiger charge is -2.42. The van der Waals surface area contributed by atoms with Gasteiger partial charge in [0.2, 0.25) is 5.91 Å². The van der Waals surface area contributed by atoms with Crippen molar-refractivity contribution in [2.45, 2.75) is 25.6 Å². The van der Waals surface area contributed by atoms with E-state index < -0.39 is 0 Å². The molecule has 1 aromatic heterocycles. The van der Waals surface area contributed by atoms with E-state index in [0.29, 0.717) is 19.1 Å². The van der Waals surface area contributed by atoms with E-state index in [1.807, 2.05) is 37.2 Å². The molecule has 0 aromatic carbocycles. The number of pyridine rings is 1. The van der Waals surface area contributed by atoms with Gasteiger partial charge in [-0.05, 0) is 33.2 Å². The molecule has 2 rings (SSSR count). The molecule has 0 spiro atoms. The Morgan fingerprint density at radius 3 is 2.89 bits per heavy atom. The van der Waals surface area contributed by atoms with E-state index in [9.17, 15) is 4.79 Å². The molecule has 1 aliphatic rings. The Bertz CT molecular complexity index is 423. The van der Waals surface area contributed by atoms with Crippen LogP contribution in [0, 0.1) is 0 Å². The lowest BCUT2D eigenvalue weighted by Crippen LogP contribution is -2.61. The zero-order valence-corrected chi connectivity index (χ0v) is 11.8. The highest BCUT2D eigenvalue weighted by molar-refractivity contribution is 5.83. The van der Waals surface area contributed by atoms with Gasteiger partial charge < -0.3 is 10.2 Å². The summed E-state index contributed by atoms with van der Waals surface area (Å²) in [6.07, 6.45) is 1.77. The van der Waals surface area contributed by atoms with E-state index >= 15 is 0 Å². The number of nitrogens with one attached hydrogen (secondary N) is 1. The molecule has 0 saturated carbocycles. The average molecular weight is 262 g/mol. The number of nitrogens with zero attached hydrogens (tertiary/aromatic N) is 3. The molecule has 2 heterocycles. The molecular weight excluding hydrogens is 240 g/mol. The summed E-state index contributed by atoms with van der Waals surface area (Å²) in [5.41, 5.74) is 0.941. The van der Waals surface area contributed by atoms with Crippen molar-refractivity contribution in [3.8, 4) is 0 Å². The van der Waals surface area contributed by atoms with Crippen molar-refractivity contribution in [2.75, 3.05) is 27.2 Å². The van der Waals surface area contributed by atoms with Gasteiger partial charge in [0, 0.05) is 25.3 Å². The maximum absolute atomic E-state index is 12.5. The number of hydrogen-bond acceptors (Lipinski definition) is 4. The Hall–Kier alpha value is -1.46. The van der Waals surface area contributed by atoms with E-state index in [2.05, 4.69) is 22.1 Å². The van der Waals surface area contributed by atoms with Gasteiger partial charge in [-0.1, -0.05) is 6.07 Å². The first-order valence-electron chi connectivity index (χ1n) is 6.68. The van der Waals surface area contributed by atoms with Crippen LogP contribution >= 0.6 is 0 Å². The Morgan fingerprint density at radius 1 is 1.47 bits per heavy atom. The second-order valence-corrected chi connectivity index (χ2v) is 5.13. The quantitative estimate of drug-likeness (QED) is 0.849. The zero-order valence-electron chi connectivity index (χ0n) is 11.8. The second-order valence-electron chi connectivity index (χ2n) is 5.13. The number of piperazine rings is 1. The summed E-state index contributed by atoms with van der Waals surface area (Å²) in [5, 5.41) is 3.10. The van der Waals surface area contributed by atoms with Crippen molar-refractivity contribution < 1.29 is 4.79 Å². The van der Waals surface area contributed by atoms with Gasteiger partial charge in [-0.2, -0.15) is 0 Å². The maximum atomic E-state index is 12.5. The van der Waals surface area contributed by atoms with Crippen molar-refractivity contribution in [3.05, 3.63) is 30.1 Å². The third-order valence-corrected chi connectivity index (χ3v) is 3.74. The smallest absolute Gasteiger partial charge is 0.241 e. The molecule has 1 saturated heterocycles. The number of aromatic nitrogens is 1. The van der Waals surface area contributed by atoms with E-state index in [0.717, 1.165) is 12.2 Å². The van der Waals surface area contributed by atoms with E-state index in [1.54, 1.807) is 6.20 Å². The molecule has 0 aliphatic carbocycles. The Kier molecular flexibility index (Phi) is 4.50. The molecule has 1 aliphatic heterocycles. The summed E-state index contributed by atoms with van der Waals surface area (Å²) in [5.74, 6) is 0.181. The molecule has 0 bridgehead atoms. The van der Waals surface area contributed by atoms with Crippen LogP contribution in [0.25, 0.3) is 0 Å². The highest BCUT2D eigenvalue weighted by Crippen LogP contribution is 2.16. The first-order valence-corrected chi connectivity index (χ1v) is 6.68. The van der Waals surface area contributed by atoms with Crippen LogP contribution in [0.1, 0.15) is 12.6 Å². The number of carbonyl (C=O) groups excluding carboxylic acids is 1. The van der Waals surface area contributed by atoms with Crippen LogP contribution in [0.4, 0.5) is 0 Å². The normalized spacial score (nSPS) is 24.8. The zero-order chi connectivity index (χ0) is 13.8. The number of carbonyl (C=O) groups is 1. The third-order valence-electron chi connectivity index (χ3n) is 3.74. The van der Waals surface area contributed by atoms with Crippen LogP contribution in [0.15, 0.2) is 24.4 Å². The van der Waals surface area contributed by atoms with Crippen molar-refractivity contribution in [2.24, 2.45) is 0 Å². The SMILES string of the molecule is CNCC1C(=O)N(Cc2ccccn2)CC(C)N1C. The monoisotopic (exact) mass is 262 g/mol. The van der Waals surface area contributed by atoms with Gasteiger partial charge in [0.25, 0.3) is 0 Å². The molecule has 1 aromatic rings. The molecule has 0 radical (unpaired) electrons. The number of amides is 1. The number of likely N-dealkylation sites (N-methyl/N-ethyl adjacent to an activating group) is 2. The Balaban J connectivity index is 2.10. The number of hydrogen-bond donors (Lipinski definition) is 1. The summed E-state index contributed by atoms with van der Waals surface area (Å²) >= 11 is 0. The van der Waals surface area contributed by atoms with E-state index in [4.69, 9.17) is 0 Å². The largest absolute Gasteiger partial charge is 0.334 e. The first kappa shape index (κ1) is 14.0. The minimum Gasteiger partial charge on any atom is -0.334 e. The van der Waals surface area contributed by atoms with Crippen molar-refractivity contribution >= 4 is 5.91 Å². The molecule has 2 atom stereocenters. The lowest BCUT2D eigenvalue weighted by molar-refractivity contribution is -0.144. The lowest BCUT2D eigenvalue weighted by atomic mass is 10.1. The Labute approximate surface area is 114 Å². The van der Waals surface area contributed by atoms with Crippen molar-refractivity contribution in [3.63, 3.8) is 0 Å². The van der Waals surface area contributed by atoms with Crippen LogP contribution < -0.4 is 5.32 Å². The predicted molar refractivity (Wildman–Crippen MR) is 74.6 cm³/mol. The fourth-order valence-electron chi connectivity index (χ4n) is 2.48. The molecule has 1 fully saturated rings. The van der Waals surface area contributed by atoms with Crippen LogP contribution in [-0.2, 0) is 11.3 Å². The summed E-state index contributed by atoms with van der Waals surface area (Å²) < 4.78 is 0. The van der Waals surface area contributed by atoms with Crippen molar-refractivity contribution in [1.82, 2.24) is 20.1 Å². The minimum atomic E-state index is -0.0857. The molecule has 5 nitrogen and oxygen atoms in total.